The average molecular weight is 362 g/mol. The van der Waals surface area contributed by atoms with Gasteiger partial charge < -0.3 is 11.1 Å². The van der Waals surface area contributed by atoms with Crippen LogP contribution in [0.1, 0.15) is 43.7 Å². The van der Waals surface area contributed by atoms with Crippen molar-refractivity contribution in [2.24, 2.45) is 5.73 Å². The minimum Gasteiger partial charge on any atom is -0.351 e. The molecule has 132 valence electrons. The minimum atomic E-state index is -0.452. The zero-order valence-electron chi connectivity index (χ0n) is 13.8. The molecule has 0 saturated carbocycles. The van der Waals surface area contributed by atoms with Gasteiger partial charge in [0.15, 0.2) is 0 Å². The summed E-state index contributed by atoms with van der Waals surface area (Å²) in [4.78, 5) is 14.0. The standard InChI is InChI=1S/C17H27N3O.2ClH/c1-14(18)17(21)19-12-15-6-8-16(9-7-15)13-20-10-4-2-3-5-11-20;;/h6-9,14H,2-5,10-13,18H2,1H3,(H,19,21);2*1H/t14-;;/m1../s1. The van der Waals surface area contributed by atoms with Crippen molar-refractivity contribution in [2.45, 2.75) is 51.7 Å². The van der Waals surface area contributed by atoms with Crippen molar-refractivity contribution in [2.75, 3.05) is 13.1 Å². The van der Waals surface area contributed by atoms with Crippen LogP contribution in [0.2, 0.25) is 0 Å². The van der Waals surface area contributed by atoms with E-state index in [0.29, 0.717) is 6.54 Å². The molecule has 0 aromatic heterocycles. The molecule has 1 aliphatic rings. The molecule has 1 aromatic carbocycles. The Bertz CT molecular complexity index is 444. The lowest BCUT2D eigenvalue weighted by atomic mass is 10.1. The Kier molecular flexibility index (Phi) is 11.3. The number of rotatable bonds is 5. The van der Waals surface area contributed by atoms with Gasteiger partial charge in [0.25, 0.3) is 0 Å². The van der Waals surface area contributed by atoms with E-state index in [-0.39, 0.29) is 30.7 Å². The predicted molar refractivity (Wildman–Crippen MR) is 100 cm³/mol. The van der Waals surface area contributed by atoms with Crippen LogP contribution in [0.3, 0.4) is 0 Å². The van der Waals surface area contributed by atoms with Crippen LogP contribution in [-0.2, 0) is 17.9 Å². The fourth-order valence-corrected chi connectivity index (χ4v) is 2.67. The van der Waals surface area contributed by atoms with E-state index < -0.39 is 6.04 Å². The van der Waals surface area contributed by atoms with Crippen LogP contribution in [0, 0.1) is 0 Å². The highest BCUT2D eigenvalue weighted by molar-refractivity contribution is 5.85. The lowest BCUT2D eigenvalue weighted by Gasteiger charge is -2.19. The van der Waals surface area contributed by atoms with E-state index in [9.17, 15) is 4.79 Å². The highest BCUT2D eigenvalue weighted by atomic mass is 35.5. The molecule has 0 radical (unpaired) electrons. The lowest BCUT2D eigenvalue weighted by molar-refractivity contribution is -0.122. The van der Waals surface area contributed by atoms with Crippen LogP contribution >= 0.6 is 24.8 Å². The zero-order valence-corrected chi connectivity index (χ0v) is 15.4. The maximum atomic E-state index is 11.4. The molecule has 1 fully saturated rings. The number of nitrogens with zero attached hydrogens (tertiary/aromatic N) is 1. The molecule has 4 nitrogen and oxygen atoms in total. The van der Waals surface area contributed by atoms with Gasteiger partial charge in [0.05, 0.1) is 6.04 Å². The Hall–Kier alpha value is -0.810. The van der Waals surface area contributed by atoms with E-state index in [2.05, 4.69) is 34.5 Å². The molecule has 0 bridgehead atoms. The highest BCUT2D eigenvalue weighted by Gasteiger charge is 2.09. The Balaban J connectivity index is 0.00000242. The summed E-state index contributed by atoms with van der Waals surface area (Å²) in [5.41, 5.74) is 7.98. The first kappa shape index (κ1) is 22.2. The van der Waals surface area contributed by atoms with Gasteiger partial charge in [-0.25, -0.2) is 0 Å². The van der Waals surface area contributed by atoms with E-state index in [1.165, 1.54) is 44.3 Å². The van der Waals surface area contributed by atoms with Gasteiger partial charge in [-0.1, -0.05) is 37.1 Å². The molecule has 1 amide bonds. The maximum Gasteiger partial charge on any atom is 0.236 e. The fourth-order valence-electron chi connectivity index (χ4n) is 2.67. The smallest absolute Gasteiger partial charge is 0.236 e. The van der Waals surface area contributed by atoms with Crippen LogP contribution in [0.4, 0.5) is 0 Å². The normalized spacial score (nSPS) is 16.4. The lowest BCUT2D eigenvalue weighted by Crippen LogP contribution is -2.37. The molecule has 1 aliphatic heterocycles. The third-order valence-electron chi connectivity index (χ3n) is 4.01. The topological polar surface area (TPSA) is 58.4 Å². The molecular weight excluding hydrogens is 333 g/mol. The number of hydrogen-bond acceptors (Lipinski definition) is 3. The Labute approximate surface area is 152 Å². The van der Waals surface area contributed by atoms with Crippen molar-refractivity contribution in [3.63, 3.8) is 0 Å². The van der Waals surface area contributed by atoms with Crippen LogP contribution < -0.4 is 11.1 Å². The molecule has 6 heteroatoms. The van der Waals surface area contributed by atoms with Crippen molar-refractivity contribution < 1.29 is 4.79 Å². The summed E-state index contributed by atoms with van der Waals surface area (Å²) in [5, 5.41) is 2.83. The molecule has 1 saturated heterocycles. The number of halogens is 2. The second kappa shape index (κ2) is 11.7. The summed E-state index contributed by atoms with van der Waals surface area (Å²) < 4.78 is 0. The van der Waals surface area contributed by atoms with Crippen LogP contribution in [0.5, 0.6) is 0 Å². The first-order valence-corrected chi connectivity index (χ1v) is 7.98. The Morgan fingerprint density at radius 3 is 2.13 bits per heavy atom. The number of amides is 1. The third kappa shape index (κ3) is 8.02. The maximum absolute atomic E-state index is 11.4. The van der Waals surface area contributed by atoms with Gasteiger partial charge in [-0.05, 0) is 44.0 Å². The first-order chi connectivity index (χ1) is 10.1. The molecular formula is C17H29Cl2N3O. The first-order valence-electron chi connectivity index (χ1n) is 7.98. The van der Waals surface area contributed by atoms with Crippen molar-refractivity contribution in [1.29, 1.82) is 0 Å². The number of carbonyl (C=O) groups is 1. The summed E-state index contributed by atoms with van der Waals surface area (Å²) in [6.07, 6.45) is 5.38. The van der Waals surface area contributed by atoms with Gasteiger partial charge in [0.1, 0.15) is 0 Å². The van der Waals surface area contributed by atoms with Crippen molar-refractivity contribution in [3.05, 3.63) is 35.4 Å². The van der Waals surface area contributed by atoms with E-state index >= 15 is 0 Å². The second-order valence-corrected chi connectivity index (χ2v) is 6.01. The molecule has 1 atom stereocenters. The summed E-state index contributed by atoms with van der Waals surface area (Å²) in [6, 6.07) is 8.06. The van der Waals surface area contributed by atoms with Gasteiger partial charge in [0.2, 0.25) is 5.91 Å². The molecule has 0 unspecified atom stereocenters. The number of nitrogens with one attached hydrogen (secondary N) is 1. The average Bonchev–Trinajstić information content (AvgIpc) is 2.74. The third-order valence-corrected chi connectivity index (χ3v) is 4.01. The van der Waals surface area contributed by atoms with Crippen LogP contribution in [-0.4, -0.2) is 29.9 Å². The molecule has 1 heterocycles. The van der Waals surface area contributed by atoms with Gasteiger partial charge in [-0.3, -0.25) is 9.69 Å². The number of likely N-dealkylation sites (tertiary alicyclic amines) is 1. The van der Waals surface area contributed by atoms with Crippen molar-refractivity contribution in [1.82, 2.24) is 10.2 Å². The van der Waals surface area contributed by atoms with Gasteiger partial charge in [-0.2, -0.15) is 0 Å². The molecule has 3 N–H and O–H groups in total. The summed E-state index contributed by atoms with van der Waals surface area (Å²) in [5.74, 6) is -0.108. The minimum absolute atomic E-state index is 0. The van der Waals surface area contributed by atoms with Crippen molar-refractivity contribution in [3.8, 4) is 0 Å². The summed E-state index contributed by atoms with van der Waals surface area (Å²) in [6.45, 7) is 5.70. The number of carbonyl (C=O) groups excluding carboxylic acids is 1. The van der Waals surface area contributed by atoms with Crippen LogP contribution in [0.15, 0.2) is 24.3 Å². The largest absolute Gasteiger partial charge is 0.351 e. The molecule has 0 spiro atoms. The van der Waals surface area contributed by atoms with Crippen LogP contribution in [0.25, 0.3) is 0 Å². The molecule has 0 aliphatic carbocycles. The number of benzene rings is 1. The van der Waals surface area contributed by atoms with E-state index in [1.54, 1.807) is 6.92 Å². The predicted octanol–water partition coefficient (Wildman–Crippen LogP) is 2.87. The van der Waals surface area contributed by atoms with E-state index in [0.717, 1.165) is 12.1 Å². The second-order valence-electron chi connectivity index (χ2n) is 6.01. The van der Waals surface area contributed by atoms with Gasteiger partial charge >= 0.3 is 0 Å². The quantitative estimate of drug-likeness (QED) is 0.847. The molecule has 2 rings (SSSR count). The number of nitrogens with two attached hydrogens (primary N) is 1. The summed E-state index contributed by atoms with van der Waals surface area (Å²) >= 11 is 0. The Morgan fingerprint density at radius 2 is 1.61 bits per heavy atom. The number of hydrogen-bond donors (Lipinski definition) is 2. The van der Waals surface area contributed by atoms with Gasteiger partial charge in [0, 0.05) is 13.1 Å². The van der Waals surface area contributed by atoms with E-state index in [1.807, 2.05) is 0 Å². The zero-order chi connectivity index (χ0) is 15.1. The fraction of sp³-hybridized carbons (Fsp3) is 0.588. The highest BCUT2D eigenvalue weighted by Crippen LogP contribution is 2.13. The molecule has 23 heavy (non-hydrogen) atoms. The molecule has 1 aromatic rings. The SMILES string of the molecule is C[C@@H](N)C(=O)NCc1ccc(CN2CCCCCC2)cc1.Cl.Cl. The summed E-state index contributed by atoms with van der Waals surface area (Å²) in [7, 11) is 0. The monoisotopic (exact) mass is 361 g/mol. The van der Waals surface area contributed by atoms with E-state index in [4.69, 9.17) is 5.73 Å². The van der Waals surface area contributed by atoms with Gasteiger partial charge in [-0.15, -0.1) is 24.8 Å². The Morgan fingerprint density at radius 1 is 1.09 bits per heavy atom. The van der Waals surface area contributed by atoms with Crippen molar-refractivity contribution >= 4 is 30.7 Å².